The number of halogens is 1. The van der Waals surface area contributed by atoms with Crippen LogP contribution in [0.4, 0.5) is 11.4 Å². The molecule has 3 heteroatoms. The molecule has 0 aliphatic carbocycles. The molecule has 0 saturated heterocycles. The van der Waals surface area contributed by atoms with Gasteiger partial charge in [0.05, 0.1) is 11.9 Å². The minimum atomic E-state index is 0.966. The van der Waals surface area contributed by atoms with Crippen LogP contribution in [0, 0.1) is 0 Å². The van der Waals surface area contributed by atoms with Crippen LogP contribution in [0.25, 0.3) is 10.8 Å². The van der Waals surface area contributed by atoms with E-state index in [-0.39, 0.29) is 0 Å². The van der Waals surface area contributed by atoms with Crippen LogP contribution in [-0.2, 0) is 0 Å². The van der Waals surface area contributed by atoms with Gasteiger partial charge in [0.15, 0.2) is 0 Å². The molecule has 0 saturated carbocycles. The lowest BCUT2D eigenvalue weighted by atomic mass is 10.1. The number of nitrogens with one attached hydrogen (secondary N) is 1. The normalized spacial score (nSPS) is 10.5. The molecule has 2 aromatic carbocycles. The maximum atomic E-state index is 4.13. The Kier molecular flexibility index (Phi) is 2.99. The molecule has 0 spiro atoms. The Hall–Kier alpha value is -1.87. The Labute approximate surface area is 114 Å². The summed E-state index contributed by atoms with van der Waals surface area (Å²) < 4.78 is 0.966. The van der Waals surface area contributed by atoms with E-state index in [9.17, 15) is 0 Å². The lowest BCUT2D eigenvalue weighted by molar-refractivity contribution is 1.30. The largest absolute Gasteiger partial charge is 0.354 e. The van der Waals surface area contributed by atoms with E-state index in [1.807, 2.05) is 18.2 Å². The van der Waals surface area contributed by atoms with Crippen molar-refractivity contribution < 1.29 is 0 Å². The zero-order valence-corrected chi connectivity index (χ0v) is 11.2. The standard InChI is InChI=1S/C15H11BrN2/c16-13-8-15(10-17-9-13)18-14-6-5-11-3-1-2-4-12(11)7-14/h1-10,18H. The van der Waals surface area contributed by atoms with Gasteiger partial charge in [-0.05, 0) is 44.9 Å². The van der Waals surface area contributed by atoms with E-state index in [0.717, 1.165) is 15.8 Å². The van der Waals surface area contributed by atoms with Crippen LogP contribution in [0.15, 0.2) is 65.4 Å². The van der Waals surface area contributed by atoms with Gasteiger partial charge in [-0.25, -0.2) is 0 Å². The summed E-state index contributed by atoms with van der Waals surface area (Å²) in [6.45, 7) is 0. The molecule has 0 aliphatic heterocycles. The van der Waals surface area contributed by atoms with Crippen LogP contribution in [0.2, 0.25) is 0 Å². The Morgan fingerprint density at radius 3 is 2.50 bits per heavy atom. The maximum Gasteiger partial charge on any atom is 0.0582 e. The van der Waals surface area contributed by atoms with E-state index < -0.39 is 0 Å². The van der Waals surface area contributed by atoms with Gasteiger partial charge in [0.1, 0.15) is 0 Å². The Bertz CT molecular complexity index is 695. The zero-order chi connectivity index (χ0) is 12.4. The van der Waals surface area contributed by atoms with Gasteiger partial charge in [0.25, 0.3) is 0 Å². The molecule has 3 rings (SSSR count). The first kappa shape index (κ1) is 11.2. The fourth-order valence-corrected chi connectivity index (χ4v) is 2.28. The molecule has 18 heavy (non-hydrogen) atoms. The number of nitrogens with zero attached hydrogens (tertiary/aromatic N) is 1. The van der Waals surface area contributed by atoms with Crippen molar-refractivity contribution in [2.24, 2.45) is 0 Å². The molecule has 0 amide bonds. The fraction of sp³-hybridized carbons (Fsp3) is 0. The maximum absolute atomic E-state index is 4.13. The molecule has 0 unspecified atom stereocenters. The number of pyridine rings is 1. The van der Waals surface area contributed by atoms with Crippen LogP contribution < -0.4 is 5.32 Å². The summed E-state index contributed by atoms with van der Waals surface area (Å²) in [5.74, 6) is 0. The number of fused-ring (bicyclic) bond motifs is 1. The van der Waals surface area contributed by atoms with E-state index in [1.165, 1.54) is 10.8 Å². The van der Waals surface area contributed by atoms with Crippen molar-refractivity contribution in [3.8, 4) is 0 Å². The first-order valence-electron chi connectivity index (χ1n) is 5.68. The molecule has 0 fully saturated rings. The van der Waals surface area contributed by atoms with Crippen molar-refractivity contribution in [2.75, 3.05) is 5.32 Å². The van der Waals surface area contributed by atoms with E-state index in [0.29, 0.717) is 0 Å². The minimum absolute atomic E-state index is 0.966. The lowest BCUT2D eigenvalue weighted by Crippen LogP contribution is -1.90. The Balaban J connectivity index is 1.95. The van der Waals surface area contributed by atoms with Gasteiger partial charge in [0.2, 0.25) is 0 Å². The second kappa shape index (κ2) is 4.78. The van der Waals surface area contributed by atoms with E-state index >= 15 is 0 Å². The van der Waals surface area contributed by atoms with Gasteiger partial charge in [-0.15, -0.1) is 0 Å². The molecular formula is C15H11BrN2. The van der Waals surface area contributed by atoms with Crippen LogP contribution in [0.1, 0.15) is 0 Å². The highest BCUT2D eigenvalue weighted by Crippen LogP contribution is 2.23. The third-order valence-corrected chi connectivity index (χ3v) is 3.18. The van der Waals surface area contributed by atoms with E-state index in [4.69, 9.17) is 0 Å². The number of hydrogen-bond donors (Lipinski definition) is 1. The molecule has 88 valence electrons. The number of aromatic nitrogens is 1. The Morgan fingerprint density at radius 1 is 0.833 bits per heavy atom. The average molecular weight is 299 g/mol. The zero-order valence-electron chi connectivity index (χ0n) is 9.60. The van der Waals surface area contributed by atoms with E-state index in [1.54, 1.807) is 12.4 Å². The summed E-state index contributed by atoms with van der Waals surface area (Å²) in [5.41, 5.74) is 2.04. The molecule has 2 nitrogen and oxygen atoms in total. The molecule has 1 N–H and O–H groups in total. The van der Waals surface area contributed by atoms with Gasteiger partial charge < -0.3 is 5.32 Å². The second-order valence-corrected chi connectivity index (χ2v) is 4.99. The van der Waals surface area contributed by atoms with Gasteiger partial charge in [-0.3, -0.25) is 4.98 Å². The monoisotopic (exact) mass is 298 g/mol. The number of anilines is 2. The summed E-state index contributed by atoms with van der Waals surface area (Å²) in [6.07, 6.45) is 3.57. The molecular weight excluding hydrogens is 288 g/mol. The van der Waals surface area contributed by atoms with Crippen molar-refractivity contribution >= 4 is 38.1 Å². The molecule has 0 bridgehead atoms. The summed E-state index contributed by atoms with van der Waals surface area (Å²) >= 11 is 3.41. The van der Waals surface area contributed by atoms with Gasteiger partial charge in [-0.1, -0.05) is 30.3 Å². The first-order chi connectivity index (χ1) is 8.81. The first-order valence-corrected chi connectivity index (χ1v) is 6.47. The molecule has 0 radical (unpaired) electrons. The predicted molar refractivity (Wildman–Crippen MR) is 79.2 cm³/mol. The van der Waals surface area contributed by atoms with Crippen LogP contribution in [0.5, 0.6) is 0 Å². The molecule has 1 heterocycles. The summed E-state index contributed by atoms with van der Waals surface area (Å²) in [6, 6.07) is 16.6. The van der Waals surface area contributed by atoms with Crippen molar-refractivity contribution in [1.82, 2.24) is 4.98 Å². The number of hydrogen-bond acceptors (Lipinski definition) is 2. The van der Waals surface area contributed by atoms with Crippen LogP contribution in [-0.4, -0.2) is 4.98 Å². The van der Waals surface area contributed by atoms with Crippen molar-refractivity contribution in [2.45, 2.75) is 0 Å². The van der Waals surface area contributed by atoms with Crippen LogP contribution >= 0.6 is 15.9 Å². The molecule has 1 aromatic heterocycles. The highest BCUT2D eigenvalue weighted by molar-refractivity contribution is 9.10. The second-order valence-electron chi connectivity index (χ2n) is 4.08. The minimum Gasteiger partial charge on any atom is -0.354 e. The van der Waals surface area contributed by atoms with Crippen LogP contribution in [0.3, 0.4) is 0 Å². The van der Waals surface area contributed by atoms with Gasteiger partial charge >= 0.3 is 0 Å². The lowest BCUT2D eigenvalue weighted by Gasteiger charge is -2.07. The van der Waals surface area contributed by atoms with Crippen molar-refractivity contribution in [1.29, 1.82) is 0 Å². The van der Waals surface area contributed by atoms with Crippen molar-refractivity contribution in [3.63, 3.8) is 0 Å². The summed E-state index contributed by atoms with van der Waals surface area (Å²) in [7, 11) is 0. The highest BCUT2D eigenvalue weighted by Gasteiger charge is 1.98. The molecule has 0 aliphatic rings. The third kappa shape index (κ3) is 2.36. The summed E-state index contributed by atoms with van der Waals surface area (Å²) in [4.78, 5) is 4.13. The Morgan fingerprint density at radius 2 is 1.67 bits per heavy atom. The number of rotatable bonds is 2. The fourth-order valence-electron chi connectivity index (χ4n) is 1.91. The highest BCUT2D eigenvalue weighted by atomic mass is 79.9. The van der Waals surface area contributed by atoms with E-state index in [2.05, 4.69) is 56.6 Å². The van der Waals surface area contributed by atoms with Gasteiger partial charge in [-0.2, -0.15) is 0 Å². The average Bonchev–Trinajstić information content (AvgIpc) is 2.39. The predicted octanol–water partition coefficient (Wildman–Crippen LogP) is 4.74. The quantitative estimate of drug-likeness (QED) is 0.739. The molecule has 3 aromatic rings. The molecule has 0 atom stereocenters. The SMILES string of the molecule is Brc1cncc(Nc2ccc3ccccc3c2)c1. The summed E-state index contributed by atoms with van der Waals surface area (Å²) in [5, 5.41) is 5.82. The third-order valence-electron chi connectivity index (χ3n) is 2.74. The van der Waals surface area contributed by atoms with Gasteiger partial charge in [0, 0.05) is 16.4 Å². The number of benzene rings is 2. The van der Waals surface area contributed by atoms with Crippen molar-refractivity contribution in [3.05, 3.63) is 65.4 Å². The topological polar surface area (TPSA) is 24.9 Å². The smallest absolute Gasteiger partial charge is 0.0582 e.